The van der Waals surface area contributed by atoms with Crippen molar-refractivity contribution in [3.05, 3.63) is 52.7 Å². The van der Waals surface area contributed by atoms with Crippen molar-refractivity contribution in [1.29, 1.82) is 0 Å². The summed E-state index contributed by atoms with van der Waals surface area (Å²) in [5, 5.41) is 2.41. The second-order valence-corrected chi connectivity index (χ2v) is 11.7. The maximum Gasteiger partial charge on any atom is 0.355 e. The zero-order chi connectivity index (χ0) is 26.0. The molecule has 2 aliphatic heterocycles. The molecule has 9 nitrogen and oxygen atoms in total. The fraction of sp³-hybridized carbons (Fsp3) is 0.458. The van der Waals surface area contributed by atoms with Gasteiger partial charge in [0.25, 0.3) is 5.91 Å². The first kappa shape index (κ1) is 27.1. The minimum Gasteiger partial charge on any atom is -0.607 e. The van der Waals surface area contributed by atoms with E-state index in [0.29, 0.717) is 21.1 Å². The van der Waals surface area contributed by atoms with E-state index in [1.807, 2.05) is 6.07 Å². The van der Waals surface area contributed by atoms with Gasteiger partial charge in [0.05, 0.1) is 6.20 Å². The van der Waals surface area contributed by atoms with Crippen molar-refractivity contribution in [2.45, 2.75) is 56.2 Å². The summed E-state index contributed by atoms with van der Waals surface area (Å²) in [6.07, 6.45) is 1.51. The molecule has 2 heterocycles. The van der Waals surface area contributed by atoms with Crippen LogP contribution in [0.2, 0.25) is 0 Å². The number of fused-ring (bicyclic) bond motifs is 1. The smallest absolute Gasteiger partial charge is 0.355 e. The number of hydrogen-bond donors (Lipinski definition) is 1. The Balaban J connectivity index is 1.88. The predicted octanol–water partition coefficient (Wildman–Crippen LogP) is 2.66. The third-order valence-electron chi connectivity index (χ3n) is 5.21. The van der Waals surface area contributed by atoms with E-state index in [0.717, 1.165) is 0 Å². The number of carbonyl (C=O) groups is 3. The third kappa shape index (κ3) is 5.69. The molecule has 11 heteroatoms. The molecule has 1 unspecified atom stereocenters. The van der Waals surface area contributed by atoms with Crippen LogP contribution in [0.5, 0.6) is 0 Å². The van der Waals surface area contributed by atoms with Crippen LogP contribution in [0, 0.1) is 0 Å². The Hall–Kier alpha value is -2.47. The predicted molar refractivity (Wildman–Crippen MR) is 132 cm³/mol. The molecule has 0 spiro atoms. The molecule has 1 saturated heterocycles. The fourth-order valence-electron chi connectivity index (χ4n) is 3.58. The lowest BCUT2D eigenvalue weighted by Crippen LogP contribution is -2.79. The van der Waals surface area contributed by atoms with Crippen molar-refractivity contribution in [3.8, 4) is 0 Å². The van der Waals surface area contributed by atoms with Gasteiger partial charge in [0.15, 0.2) is 4.90 Å². The highest BCUT2D eigenvalue weighted by Crippen LogP contribution is 2.47. The van der Waals surface area contributed by atoms with Crippen LogP contribution < -0.4 is 5.32 Å². The molecule has 0 radical (unpaired) electrons. The summed E-state index contributed by atoms with van der Waals surface area (Å²) in [5.74, 6) is -1.36. The maximum absolute atomic E-state index is 13.4. The highest BCUT2D eigenvalue weighted by molar-refractivity contribution is 8.00. The van der Waals surface area contributed by atoms with Crippen LogP contribution in [0.15, 0.2) is 57.6 Å². The zero-order valence-corrected chi connectivity index (χ0v) is 22.2. The maximum atomic E-state index is 13.4. The number of benzene rings is 1. The van der Waals surface area contributed by atoms with Gasteiger partial charge in [-0.25, -0.2) is 4.79 Å². The number of esters is 2. The van der Waals surface area contributed by atoms with Crippen LogP contribution in [0.25, 0.3) is 0 Å². The molecule has 0 aliphatic carbocycles. The lowest BCUT2D eigenvalue weighted by Gasteiger charge is -2.56. The van der Waals surface area contributed by atoms with E-state index in [1.54, 1.807) is 52.0 Å². The molecule has 1 fully saturated rings. The highest BCUT2D eigenvalue weighted by Gasteiger charge is 2.66. The van der Waals surface area contributed by atoms with Gasteiger partial charge in [0.2, 0.25) is 5.72 Å². The summed E-state index contributed by atoms with van der Waals surface area (Å²) in [4.78, 5) is 40.3. The van der Waals surface area contributed by atoms with Gasteiger partial charge >= 0.3 is 11.9 Å². The second kappa shape index (κ2) is 10.7. The summed E-state index contributed by atoms with van der Waals surface area (Å²) >= 11 is -0.0639. The first-order valence-corrected chi connectivity index (χ1v) is 13.1. The lowest BCUT2D eigenvalue weighted by atomic mass is 9.98. The van der Waals surface area contributed by atoms with E-state index >= 15 is 0 Å². The largest absolute Gasteiger partial charge is 0.607 e. The number of thioether (sulfide) groups is 1. The fourth-order valence-corrected chi connectivity index (χ4v) is 5.95. The van der Waals surface area contributed by atoms with Crippen molar-refractivity contribution in [2.75, 3.05) is 19.5 Å². The standard InChI is InChI=1S/C24H30N2O7S2/c1-15(35(30)18-10-8-7-9-11-18)12-25-24(31-6)21(29)26-19(20(28)33-23(3,4)5)17(13-32-16(2)27)14-34-22(24)26/h7-12,22,25H,13-14H2,1-6H3/t22-,24-,35?/m0/s1. The topological polar surface area (TPSA) is 117 Å². The summed E-state index contributed by atoms with van der Waals surface area (Å²) in [6.45, 7) is 8.02. The molecule has 0 bridgehead atoms. The quantitative estimate of drug-likeness (QED) is 0.238. The Morgan fingerprint density at radius 2 is 1.94 bits per heavy atom. The summed E-state index contributed by atoms with van der Waals surface area (Å²) < 4.78 is 29.1. The number of methoxy groups -OCH3 is 1. The lowest BCUT2D eigenvalue weighted by molar-refractivity contribution is -0.190. The Morgan fingerprint density at radius 1 is 1.29 bits per heavy atom. The number of rotatable bonds is 8. The van der Waals surface area contributed by atoms with Crippen LogP contribution >= 0.6 is 11.8 Å². The number of nitrogens with zero attached hydrogens (tertiary/aromatic N) is 1. The number of nitrogens with one attached hydrogen (secondary N) is 1. The Labute approximate surface area is 212 Å². The van der Waals surface area contributed by atoms with Gasteiger partial charge in [-0.2, -0.15) is 0 Å². The molecule has 3 rings (SSSR count). The molecular formula is C24H30N2O7S2. The monoisotopic (exact) mass is 522 g/mol. The van der Waals surface area contributed by atoms with Crippen molar-refractivity contribution in [3.63, 3.8) is 0 Å². The van der Waals surface area contributed by atoms with Gasteiger partial charge in [0, 0.05) is 43.5 Å². The Kier molecular flexibility index (Phi) is 8.25. The number of carbonyl (C=O) groups excluding carboxylic acids is 3. The number of hydrogen-bond acceptors (Lipinski definition) is 9. The number of allylic oxidation sites excluding steroid dienone is 1. The molecule has 0 saturated carbocycles. The van der Waals surface area contributed by atoms with Gasteiger partial charge < -0.3 is 24.1 Å². The van der Waals surface area contributed by atoms with Crippen LogP contribution in [0.1, 0.15) is 34.6 Å². The van der Waals surface area contributed by atoms with E-state index in [2.05, 4.69) is 5.32 Å². The van der Waals surface area contributed by atoms with Gasteiger partial charge in [0.1, 0.15) is 28.2 Å². The van der Waals surface area contributed by atoms with Crippen molar-refractivity contribution in [2.24, 2.45) is 0 Å². The number of ether oxygens (including phenoxy) is 3. The van der Waals surface area contributed by atoms with Crippen molar-refractivity contribution >= 4 is 40.8 Å². The third-order valence-corrected chi connectivity index (χ3v) is 7.99. The molecule has 35 heavy (non-hydrogen) atoms. The Bertz CT molecular complexity index is 1050. The number of β-lactam (4-membered cyclic amide) rings is 1. The molecule has 1 amide bonds. The van der Waals surface area contributed by atoms with Crippen molar-refractivity contribution in [1.82, 2.24) is 10.2 Å². The molecule has 0 aromatic heterocycles. The SMILES string of the molecule is CO[C@@]1(NC=C(C)[S+]([O-])c2ccccc2)C(=O)N2C(C(=O)OC(C)(C)C)=C(COC(C)=O)CS[C@H]21. The van der Waals surface area contributed by atoms with Crippen molar-refractivity contribution < 1.29 is 33.1 Å². The molecule has 3 atom stereocenters. The van der Waals surface area contributed by atoms with E-state index in [1.165, 1.54) is 36.9 Å². The van der Waals surface area contributed by atoms with Gasteiger partial charge in [-0.15, -0.1) is 11.8 Å². The van der Waals surface area contributed by atoms with Crippen LogP contribution in [-0.4, -0.2) is 63.5 Å². The van der Waals surface area contributed by atoms with E-state index in [4.69, 9.17) is 14.2 Å². The molecule has 1 aromatic carbocycles. The highest BCUT2D eigenvalue weighted by atomic mass is 32.2. The molecule has 1 aromatic rings. The summed E-state index contributed by atoms with van der Waals surface area (Å²) in [5.41, 5.74) is -1.72. The molecular weight excluding hydrogens is 492 g/mol. The first-order chi connectivity index (χ1) is 16.4. The van der Waals surface area contributed by atoms with Crippen LogP contribution in [-0.2, 0) is 39.8 Å². The van der Waals surface area contributed by atoms with E-state index in [9.17, 15) is 18.9 Å². The summed E-state index contributed by atoms with van der Waals surface area (Å²) in [6, 6.07) is 8.96. The summed E-state index contributed by atoms with van der Waals surface area (Å²) in [7, 11) is 1.39. The normalized spacial score (nSPS) is 23.3. The minimum atomic E-state index is -1.47. The van der Waals surface area contributed by atoms with E-state index in [-0.39, 0.29) is 12.3 Å². The van der Waals surface area contributed by atoms with Crippen LogP contribution in [0.3, 0.4) is 0 Å². The minimum absolute atomic E-state index is 0.0537. The molecule has 190 valence electrons. The molecule has 2 aliphatic rings. The Morgan fingerprint density at radius 3 is 2.51 bits per heavy atom. The average molecular weight is 523 g/mol. The van der Waals surface area contributed by atoms with Gasteiger partial charge in [-0.3, -0.25) is 14.5 Å². The average Bonchev–Trinajstić information content (AvgIpc) is 2.81. The zero-order valence-electron chi connectivity index (χ0n) is 20.6. The second-order valence-electron chi connectivity index (χ2n) is 8.99. The van der Waals surface area contributed by atoms with Gasteiger partial charge in [-0.05, 0) is 32.9 Å². The van der Waals surface area contributed by atoms with Crippen LogP contribution in [0.4, 0.5) is 0 Å². The van der Waals surface area contributed by atoms with E-state index < -0.39 is 45.7 Å². The van der Waals surface area contributed by atoms with Gasteiger partial charge in [-0.1, -0.05) is 18.2 Å². The number of amides is 1. The first-order valence-electron chi connectivity index (χ1n) is 10.9. The molecule has 1 N–H and O–H groups in total.